The van der Waals surface area contributed by atoms with Crippen LogP contribution in [-0.4, -0.2) is 24.8 Å². The molecule has 0 saturated carbocycles. The van der Waals surface area contributed by atoms with E-state index in [4.69, 9.17) is 4.52 Å². The highest BCUT2D eigenvalue weighted by molar-refractivity contribution is 5.59. The Morgan fingerprint density at radius 1 is 1.46 bits per heavy atom. The Labute approximate surface area is 135 Å². The number of hydrogen-bond acceptors (Lipinski definition) is 7. The molecule has 1 N–H and O–H groups in total. The quantitative estimate of drug-likeness (QED) is 0.564. The molecule has 0 spiro atoms. The largest absolute Gasteiger partial charge is 0.355 e. The number of halogens is 1. The van der Waals surface area contributed by atoms with Crippen LogP contribution >= 0.6 is 0 Å². The molecule has 10 heteroatoms. The molecule has 0 aliphatic rings. The lowest BCUT2D eigenvalue weighted by molar-refractivity contribution is -0.384. The van der Waals surface area contributed by atoms with Gasteiger partial charge in [0, 0.05) is 12.6 Å². The van der Waals surface area contributed by atoms with Crippen LogP contribution in [0.5, 0.6) is 0 Å². The van der Waals surface area contributed by atoms with Gasteiger partial charge in [-0.2, -0.15) is 10.1 Å². The number of benzene rings is 1. The molecule has 24 heavy (non-hydrogen) atoms. The van der Waals surface area contributed by atoms with E-state index in [0.717, 1.165) is 0 Å². The van der Waals surface area contributed by atoms with E-state index in [2.05, 4.69) is 20.6 Å². The van der Waals surface area contributed by atoms with Crippen molar-refractivity contribution >= 4 is 11.5 Å². The second-order valence-corrected chi connectivity index (χ2v) is 5.04. The fraction of sp³-hybridized carbons (Fsp3) is 0.214. The number of aromatic nitrogens is 4. The van der Waals surface area contributed by atoms with Crippen LogP contribution in [0, 0.1) is 22.9 Å². The van der Waals surface area contributed by atoms with Crippen LogP contribution in [-0.2, 0) is 13.6 Å². The summed E-state index contributed by atoms with van der Waals surface area (Å²) < 4.78 is 19.7. The molecule has 3 aromatic rings. The van der Waals surface area contributed by atoms with Crippen molar-refractivity contribution in [2.75, 3.05) is 5.32 Å². The predicted octanol–water partition coefficient (Wildman–Crippen LogP) is 2.44. The van der Waals surface area contributed by atoms with Crippen molar-refractivity contribution in [3.8, 4) is 11.4 Å². The SMILES string of the molecule is Cc1nn(C)c(NCc2nc(-c3cccc(F)c3)no2)c1[N+](=O)[O-]. The highest BCUT2D eigenvalue weighted by Crippen LogP contribution is 2.27. The Morgan fingerprint density at radius 3 is 2.96 bits per heavy atom. The Balaban J connectivity index is 1.78. The van der Waals surface area contributed by atoms with Crippen LogP contribution in [0.2, 0.25) is 0 Å². The summed E-state index contributed by atoms with van der Waals surface area (Å²) in [6.45, 7) is 1.63. The number of hydrogen-bond donors (Lipinski definition) is 1. The summed E-state index contributed by atoms with van der Waals surface area (Å²) in [6, 6.07) is 5.80. The first-order valence-electron chi connectivity index (χ1n) is 6.96. The molecule has 0 amide bonds. The fourth-order valence-electron chi connectivity index (χ4n) is 2.29. The highest BCUT2D eigenvalue weighted by Gasteiger charge is 2.24. The lowest BCUT2D eigenvalue weighted by Gasteiger charge is -2.02. The highest BCUT2D eigenvalue weighted by atomic mass is 19.1. The number of nitrogens with zero attached hydrogens (tertiary/aromatic N) is 5. The third-order valence-electron chi connectivity index (χ3n) is 3.33. The first-order chi connectivity index (χ1) is 11.5. The number of rotatable bonds is 5. The number of anilines is 1. The molecule has 9 nitrogen and oxygen atoms in total. The monoisotopic (exact) mass is 332 g/mol. The summed E-state index contributed by atoms with van der Waals surface area (Å²) >= 11 is 0. The predicted molar refractivity (Wildman–Crippen MR) is 81.6 cm³/mol. The Kier molecular flexibility index (Phi) is 3.94. The zero-order chi connectivity index (χ0) is 17.3. The molecule has 3 rings (SSSR count). The van der Waals surface area contributed by atoms with E-state index in [1.54, 1.807) is 26.1 Å². The van der Waals surface area contributed by atoms with Gasteiger partial charge in [-0.1, -0.05) is 17.3 Å². The molecule has 0 bridgehead atoms. The second-order valence-electron chi connectivity index (χ2n) is 5.04. The molecule has 0 aliphatic carbocycles. The van der Waals surface area contributed by atoms with E-state index in [1.807, 2.05) is 0 Å². The topological polar surface area (TPSA) is 112 Å². The summed E-state index contributed by atoms with van der Waals surface area (Å²) in [5.41, 5.74) is 0.672. The number of nitro groups is 1. The van der Waals surface area contributed by atoms with Crippen LogP contribution < -0.4 is 5.32 Å². The summed E-state index contributed by atoms with van der Waals surface area (Å²) in [5, 5.41) is 21.8. The van der Waals surface area contributed by atoms with Gasteiger partial charge < -0.3 is 9.84 Å². The van der Waals surface area contributed by atoms with Gasteiger partial charge in [-0.25, -0.2) is 9.07 Å². The van der Waals surface area contributed by atoms with E-state index in [1.165, 1.54) is 16.8 Å². The van der Waals surface area contributed by atoms with Crippen LogP contribution in [0.3, 0.4) is 0 Å². The van der Waals surface area contributed by atoms with Crippen molar-refractivity contribution in [3.63, 3.8) is 0 Å². The Bertz CT molecular complexity index is 904. The number of nitrogens with one attached hydrogen (secondary N) is 1. The van der Waals surface area contributed by atoms with Gasteiger partial charge >= 0.3 is 5.69 Å². The van der Waals surface area contributed by atoms with Gasteiger partial charge in [0.2, 0.25) is 17.5 Å². The van der Waals surface area contributed by atoms with Crippen LogP contribution in [0.4, 0.5) is 15.9 Å². The molecule has 2 aromatic heterocycles. The maximum absolute atomic E-state index is 13.2. The van der Waals surface area contributed by atoms with E-state index in [0.29, 0.717) is 11.3 Å². The van der Waals surface area contributed by atoms with Crippen LogP contribution in [0.25, 0.3) is 11.4 Å². The maximum Gasteiger partial charge on any atom is 0.333 e. The van der Waals surface area contributed by atoms with Gasteiger partial charge in [0.1, 0.15) is 11.5 Å². The number of aryl methyl sites for hydroxylation is 2. The fourth-order valence-corrected chi connectivity index (χ4v) is 2.29. The molecular formula is C14H13FN6O3. The van der Waals surface area contributed by atoms with Crippen molar-refractivity contribution < 1.29 is 13.8 Å². The molecular weight excluding hydrogens is 319 g/mol. The Hall–Kier alpha value is -3.30. The van der Waals surface area contributed by atoms with Gasteiger partial charge in [0.15, 0.2) is 0 Å². The lowest BCUT2D eigenvalue weighted by atomic mass is 10.2. The third-order valence-corrected chi connectivity index (χ3v) is 3.33. The van der Waals surface area contributed by atoms with Crippen molar-refractivity contribution in [2.45, 2.75) is 13.5 Å². The Morgan fingerprint density at radius 2 is 2.25 bits per heavy atom. The molecule has 0 atom stereocenters. The first-order valence-corrected chi connectivity index (χ1v) is 6.96. The normalized spacial score (nSPS) is 10.8. The van der Waals surface area contributed by atoms with Gasteiger partial charge in [-0.3, -0.25) is 10.1 Å². The molecule has 0 aliphatic heterocycles. The van der Waals surface area contributed by atoms with E-state index in [-0.39, 0.29) is 29.8 Å². The van der Waals surface area contributed by atoms with Crippen LogP contribution in [0.15, 0.2) is 28.8 Å². The average molecular weight is 332 g/mol. The van der Waals surface area contributed by atoms with E-state index >= 15 is 0 Å². The third kappa shape index (κ3) is 2.93. The smallest absolute Gasteiger partial charge is 0.333 e. The summed E-state index contributed by atoms with van der Waals surface area (Å²) in [4.78, 5) is 14.8. The van der Waals surface area contributed by atoms with Gasteiger partial charge in [-0.15, -0.1) is 0 Å². The maximum atomic E-state index is 13.2. The first kappa shape index (κ1) is 15.6. The molecule has 0 radical (unpaired) electrons. The lowest BCUT2D eigenvalue weighted by Crippen LogP contribution is -2.06. The molecule has 0 saturated heterocycles. The van der Waals surface area contributed by atoms with Crippen LogP contribution in [0.1, 0.15) is 11.6 Å². The molecule has 2 heterocycles. The van der Waals surface area contributed by atoms with Crippen molar-refractivity contribution in [3.05, 3.63) is 51.8 Å². The zero-order valence-corrected chi connectivity index (χ0v) is 12.9. The standard InChI is InChI=1S/C14H13FN6O3/c1-8-12(21(22)23)14(20(2)18-8)16-7-11-17-13(19-24-11)9-4-3-5-10(15)6-9/h3-6,16H,7H2,1-2H3. The van der Waals surface area contributed by atoms with E-state index < -0.39 is 10.7 Å². The minimum absolute atomic E-state index is 0.0716. The van der Waals surface area contributed by atoms with Crippen molar-refractivity contribution in [1.82, 2.24) is 19.9 Å². The van der Waals surface area contributed by atoms with Gasteiger partial charge in [0.05, 0.1) is 11.5 Å². The summed E-state index contributed by atoms with van der Waals surface area (Å²) in [7, 11) is 1.59. The average Bonchev–Trinajstić information content (AvgIpc) is 3.09. The van der Waals surface area contributed by atoms with Crippen molar-refractivity contribution in [2.24, 2.45) is 7.05 Å². The van der Waals surface area contributed by atoms with Gasteiger partial charge in [-0.05, 0) is 19.1 Å². The minimum Gasteiger partial charge on any atom is -0.355 e. The zero-order valence-electron chi connectivity index (χ0n) is 12.9. The molecule has 124 valence electrons. The van der Waals surface area contributed by atoms with Gasteiger partial charge in [0.25, 0.3) is 0 Å². The summed E-state index contributed by atoms with van der Waals surface area (Å²) in [6.07, 6.45) is 0. The molecule has 0 unspecified atom stereocenters. The minimum atomic E-state index is -0.503. The van der Waals surface area contributed by atoms with Crippen molar-refractivity contribution in [1.29, 1.82) is 0 Å². The molecule has 1 aromatic carbocycles. The second kappa shape index (κ2) is 6.07. The summed E-state index contributed by atoms with van der Waals surface area (Å²) in [5.74, 6) is 0.283. The van der Waals surface area contributed by atoms with E-state index in [9.17, 15) is 14.5 Å². The molecule has 0 fully saturated rings.